The Bertz CT molecular complexity index is 290. The van der Waals surface area contributed by atoms with Crippen LogP contribution in [0.15, 0.2) is 0 Å². The molecule has 1 saturated heterocycles. The molecule has 2 aliphatic rings. The maximum Gasteiger partial charge on any atom is 0.305 e. The fourth-order valence-corrected chi connectivity index (χ4v) is 2.83. The van der Waals surface area contributed by atoms with E-state index in [2.05, 4.69) is 24.1 Å². The molecule has 4 heteroatoms. The minimum absolute atomic E-state index is 0.0734. The molecule has 0 aromatic rings. The lowest BCUT2D eigenvalue weighted by atomic mass is 9.90. The molecule has 2 atom stereocenters. The highest BCUT2D eigenvalue weighted by Gasteiger charge is 2.33. The van der Waals surface area contributed by atoms with Crippen molar-refractivity contribution < 1.29 is 9.53 Å². The van der Waals surface area contributed by atoms with Gasteiger partial charge in [0.2, 0.25) is 0 Å². The molecule has 0 bridgehead atoms. The van der Waals surface area contributed by atoms with Crippen LogP contribution in [0, 0.1) is 5.92 Å². The van der Waals surface area contributed by atoms with E-state index in [4.69, 9.17) is 4.74 Å². The van der Waals surface area contributed by atoms with Crippen LogP contribution in [0.4, 0.5) is 0 Å². The minimum atomic E-state index is -0.0734. The molecule has 4 nitrogen and oxygen atoms in total. The van der Waals surface area contributed by atoms with Crippen molar-refractivity contribution in [2.75, 3.05) is 20.2 Å². The van der Waals surface area contributed by atoms with E-state index in [9.17, 15) is 4.79 Å². The van der Waals surface area contributed by atoms with Gasteiger partial charge in [-0.2, -0.15) is 0 Å². The Morgan fingerprint density at radius 2 is 2.06 bits per heavy atom. The van der Waals surface area contributed by atoms with Gasteiger partial charge < -0.3 is 10.1 Å². The fraction of sp³-hybridized carbons (Fsp3) is 0.929. The standard InChI is InChI=1S/C14H26N2O2/c1-10(2)16-8-11(7-14(17)18-3)6-13(9-16)15-12-4-5-12/h10-13,15H,4-9H2,1-3H3. The van der Waals surface area contributed by atoms with Crippen molar-refractivity contribution in [3.8, 4) is 0 Å². The second-order valence-corrected chi connectivity index (χ2v) is 6.07. The molecule has 0 amide bonds. The van der Waals surface area contributed by atoms with Gasteiger partial charge in [-0.05, 0) is 39.0 Å². The summed E-state index contributed by atoms with van der Waals surface area (Å²) in [5, 5.41) is 3.71. The molecule has 0 spiro atoms. The van der Waals surface area contributed by atoms with Gasteiger partial charge in [-0.25, -0.2) is 0 Å². The Kier molecular flexibility index (Phi) is 4.62. The molecule has 1 N–H and O–H groups in total. The zero-order chi connectivity index (χ0) is 13.1. The molecule has 2 rings (SSSR count). The van der Waals surface area contributed by atoms with Crippen molar-refractivity contribution >= 4 is 5.97 Å². The number of methoxy groups -OCH3 is 1. The first kappa shape index (κ1) is 13.8. The average molecular weight is 254 g/mol. The van der Waals surface area contributed by atoms with Crippen molar-refractivity contribution in [2.24, 2.45) is 5.92 Å². The van der Waals surface area contributed by atoms with Crippen LogP contribution < -0.4 is 5.32 Å². The van der Waals surface area contributed by atoms with Crippen LogP contribution >= 0.6 is 0 Å². The summed E-state index contributed by atoms with van der Waals surface area (Å²) in [6.07, 6.45) is 4.30. The van der Waals surface area contributed by atoms with Crippen LogP contribution in [0.5, 0.6) is 0 Å². The number of hydrogen-bond acceptors (Lipinski definition) is 4. The zero-order valence-corrected chi connectivity index (χ0v) is 11.8. The smallest absolute Gasteiger partial charge is 0.305 e. The summed E-state index contributed by atoms with van der Waals surface area (Å²) in [5.74, 6) is 0.362. The molecule has 1 aliphatic carbocycles. The first-order valence-corrected chi connectivity index (χ1v) is 7.15. The van der Waals surface area contributed by atoms with E-state index in [0.717, 1.165) is 25.6 Å². The largest absolute Gasteiger partial charge is 0.469 e. The van der Waals surface area contributed by atoms with Crippen LogP contribution in [0.25, 0.3) is 0 Å². The lowest BCUT2D eigenvalue weighted by molar-refractivity contribution is -0.142. The summed E-state index contributed by atoms with van der Waals surface area (Å²) in [5.41, 5.74) is 0. The predicted octanol–water partition coefficient (Wildman–Crippen LogP) is 1.40. The lowest BCUT2D eigenvalue weighted by Gasteiger charge is -2.40. The normalized spacial score (nSPS) is 29.6. The highest BCUT2D eigenvalue weighted by atomic mass is 16.5. The zero-order valence-electron chi connectivity index (χ0n) is 11.8. The third kappa shape index (κ3) is 3.95. The molecule has 18 heavy (non-hydrogen) atoms. The Labute approximate surface area is 110 Å². The highest BCUT2D eigenvalue weighted by molar-refractivity contribution is 5.69. The summed E-state index contributed by atoms with van der Waals surface area (Å²) >= 11 is 0. The van der Waals surface area contributed by atoms with Crippen LogP contribution in [-0.4, -0.2) is 49.2 Å². The number of ether oxygens (including phenoxy) is 1. The van der Waals surface area contributed by atoms with E-state index < -0.39 is 0 Å². The fourth-order valence-electron chi connectivity index (χ4n) is 2.83. The van der Waals surface area contributed by atoms with Gasteiger partial charge in [-0.3, -0.25) is 9.69 Å². The van der Waals surface area contributed by atoms with Crippen molar-refractivity contribution in [1.82, 2.24) is 10.2 Å². The van der Waals surface area contributed by atoms with E-state index in [1.165, 1.54) is 20.0 Å². The summed E-state index contributed by atoms with van der Waals surface area (Å²) in [6.45, 7) is 6.60. The van der Waals surface area contributed by atoms with Crippen LogP contribution in [0.2, 0.25) is 0 Å². The second kappa shape index (κ2) is 6.02. The SMILES string of the molecule is COC(=O)CC1CC(NC2CC2)CN(C(C)C)C1. The highest BCUT2D eigenvalue weighted by Crippen LogP contribution is 2.26. The van der Waals surface area contributed by atoms with E-state index in [-0.39, 0.29) is 5.97 Å². The monoisotopic (exact) mass is 254 g/mol. The van der Waals surface area contributed by atoms with Gasteiger partial charge in [-0.1, -0.05) is 0 Å². The molecule has 1 heterocycles. The van der Waals surface area contributed by atoms with Crippen LogP contribution in [-0.2, 0) is 9.53 Å². The van der Waals surface area contributed by atoms with E-state index in [1.54, 1.807) is 0 Å². The third-order valence-electron chi connectivity index (χ3n) is 4.03. The van der Waals surface area contributed by atoms with Crippen molar-refractivity contribution in [2.45, 2.75) is 57.7 Å². The van der Waals surface area contributed by atoms with Crippen molar-refractivity contribution in [3.05, 3.63) is 0 Å². The number of hydrogen-bond donors (Lipinski definition) is 1. The molecular weight excluding hydrogens is 228 g/mol. The van der Waals surface area contributed by atoms with Gasteiger partial charge in [-0.15, -0.1) is 0 Å². The summed E-state index contributed by atoms with van der Waals surface area (Å²) < 4.78 is 4.80. The first-order chi connectivity index (χ1) is 8.58. The van der Waals surface area contributed by atoms with Crippen molar-refractivity contribution in [1.29, 1.82) is 0 Å². The molecule has 0 aromatic heterocycles. The molecule has 2 unspecified atom stereocenters. The van der Waals surface area contributed by atoms with Gasteiger partial charge >= 0.3 is 5.97 Å². The van der Waals surface area contributed by atoms with E-state index in [1.807, 2.05) is 0 Å². The Morgan fingerprint density at radius 1 is 1.33 bits per heavy atom. The third-order valence-corrected chi connectivity index (χ3v) is 4.03. The molecule has 1 saturated carbocycles. The van der Waals surface area contributed by atoms with Gasteiger partial charge in [0, 0.05) is 37.6 Å². The summed E-state index contributed by atoms with van der Waals surface area (Å²) in [7, 11) is 1.48. The molecule has 0 aromatic carbocycles. The lowest BCUT2D eigenvalue weighted by Crippen LogP contribution is -2.52. The Balaban J connectivity index is 1.89. The number of carbonyl (C=O) groups is 1. The number of nitrogens with zero attached hydrogens (tertiary/aromatic N) is 1. The summed E-state index contributed by atoms with van der Waals surface area (Å²) in [4.78, 5) is 13.9. The molecule has 0 radical (unpaired) electrons. The van der Waals surface area contributed by atoms with Crippen molar-refractivity contribution in [3.63, 3.8) is 0 Å². The van der Waals surface area contributed by atoms with E-state index >= 15 is 0 Å². The van der Waals surface area contributed by atoms with Crippen LogP contribution in [0.3, 0.4) is 0 Å². The van der Waals surface area contributed by atoms with Gasteiger partial charge in [0.1, 0.15) is 0 Å². The minimum Gasteiger partial charge on any atom is -0.469 e. The van der Waals surface area contributed by atoms with Crippen LogP contribution in [0.1, 0.15) is 39.5 Å². The molecule has 104 valence electrons. The van der Waals surface area contributed by atoms with Gasteiger partial charge in [0.15, 0.2) is 0 Å². The quantitative estimate of drug-likeness (QED) is 0.753. The maximum absolute atomic E-state index is 11.4. The number of likely N-dealkylation sites (tertiary alicyclic amines) is 1. The Hall–Kier alpha value is -0.610. The van der Waals surface area contributed by atoms with E-state index in [0.29, 0.717) is 24.4 Å². The summed E-state index contributed by atoms with van der Waals surface area (Å²) in [6, 6.07) is 1.83. The molecular formula is C14H26N2O2. The van der Waals surface area contributed by atoms with Gasteiger partial charge in [0.25, 0.3) is 0 Å². The number of carbonyl (C=O) groups excluding carboxylic acids is 1. The maximum atomic E-state index is 11.4. The number of nitrogens with one attached hydrogen (secondary N) is 1. The van der Waals surface area contributed by atoms with Gasteiger partial charge in [0.05, 0.1) is 7.11 Å². The molecule has 2 fully saturated rings. The topological polar surface area (TPSA) is 41.6 Å². The molecule has 1 aliphatic heterocycles. The first-order valence-electron chi connectivity index (χ1n) is 7.15. The predicted molar refractivity (Wildman–Crippen MR) is 71.4 cm³/mol. The number of piperidine rings is 1. The number of esters is 1. The average Bonchev–Trinajstić information content (AvgIpc) is 3.12. The Morgan fingerprint density at radius 3 is 2.61 bits per heavy atom. The number of rotatable bonds is 5. The second-order valence-electron chi connectivity index (χ2n) is 6.07.